The van der Waals surface area contributed by atoms with Gasteiger partial charge < -0.3 is 10.6 Å². The Morgan fingerprint density at radius 2 is 2.15 bits per heavy atom. The minimum absolute atomic E-state index is 0.302. The maximum atomic E-state index is 6.06. The number of benzene rings is 1. The summed E-state index contributed by atoms with van der Waals surface area (Å²) < 4.78 is 7.10. The first-order valence-corrected chi connectivity index (χ1v) is 7.81. The molecule has 0 spiro atoms. The quantitative estimate of drug-likeness (QED) is 0.694. The summed E-state index contributed by atoms with van der Waals surface area (Å²) >= 11 is 7.45. The van der Waals surface area contributed by atoms with E-state index in [2.05, 4.69) is 10.2 Å². The first kappa shape index (κ1) is 13.7. The lowest BCUT2D eigenvalue weighted by Gasteiger charge is -2.08. The van der Waals surface area contributed by atoms with Crippen LogP contribution in [0.2, 0.25) is 5.02 Å². The molecule has 0 amide bonds. The lowest BCUT2D eigenvalue weighted by atomic mass is 10.2. The normalized spacial score (nSPS) is 18.6. The Bertz CT molecular complexity index is 581. The number of aromatic nitrogens is 3. The van der Waals surface area contributed by atoms with Crippen LogP contribution < -0.4 is 5.84 Å². The molecule has 1 saturated heterocycles. The molecular formula is C13H15ClN4OS. The van der Waals surface area contributed by atoms with Crippen LogP contribution in [0.5, 0.6) is 0 Å². The summed E-state index contributed by atoms with van der Waals surface area (Å²) in [5, 5.41) is 9.67. The summed E-state index contributed by atoms with van der Waals surface area (Å²) in [7, 11) is 0. The van der Waals surface area contributed by atoms with Crippen molar-refractivity contribution < 1.29 is 4.74 Å². The van der Waals surface area contributed by atoms with E-state index in [1.807, 2.05) is 24.3 Å². The third-order valence-electron chi connectivity index (χ3n) is 3.19. The summed E-state index contributed by atoms with van der Waals surface area (Å²) in [6.07, 6.45) is 2.54. The molecule has 2 N–H and O–H groups in total. The molecule has 1 unspecified atom stereocenters. The molecule has 0 radical (unpaired) electrons. The van der Waals surface area contributed by atoms with Gasteiger partial charge in [0.05, 0.1) is 6.10 Å². The first-order valence-electron chi connectivity index (χ1n) is 6.45. The average Bonchev–Trinajstić information content (AvgIpc) is 3.08. The molecule has 1 aromatic heterocycles. The van der Waals surface area contributed by atoms with Gasteiger partial charge >= 0.3 is 0 Å². The van der Waals surface area contributed by atoms with E-state index in [0.717, 1.165) is 30.8 Å². The van der Waals surface area contributed by atoms with Crippen LogP contribution >= 0.6 is 23.4 Å². The zero-order valence-electron chi connectivity index (χ0n) is 10.8. The summed E-state index contributed by atoms with van der Waals surface area (Å²) in [4.78, 5) is 0. The van der Waals surface area contributed by atoms with Gasteiger partial charge in [-0.1, -0.05) is 23.4 Å². The third-order valence-corrected chi connectivity index (χ3v) is 4.52. The smallest absolute Gasteiger partial charge is 0.210 e. The van der Waals surface area contributed by atoms with Crippen LogP contribution in [0.15, 0.2) is 29.4 Å². The zero-order valence-corrected chi connectivity index (χ0v) is 12.4. The molecule has 1 aromatic carbocycles. The van der Waals surface area contributed by atoms with E-state index in [-0.39, 0.29) is 0 Å². The van der Waals surface area contributed by atoms with Gasteiger partial charge in [-0.3, -0.25) is 0 Å². The fourth-order valence-corrected chi connectivity index (χ4v) is 3.16. The number of nitrogen functional groups attached to an aromatic ring is 1. The van der Waals surface area contributed by atoms with E-state index in [4.69, 9.17) is 22.2 Å². The van der Waals surface area contributed by atoms with Crippen molar-refractivity contribution in [1.29, 1.82) is 0 Å². The highest BCUT2D eigenvalue weighted by atomic mass is 35.5. The fourth-order valence-electron chi connectivity index (χ4n) is 2.11. The standard InChI is InChI=1S/C13H15ClN4OS/c14-10-5-3-9(4-6-10)12-16-17-13(18(12)15)20-8-11-2-1-7-19-11/h3-6,11H,1-2,7-8,15H2. The van der Waals surface area contributed by atoms with E-state index in [1.54, 1.807) is 11.8 Å². The lowest BCUT2D eigenvalue weighted by molar-refractivity contribution is 0.129. The highest BCUT2D eigenvalue weighted by molar-refractivity contribution is 7.99. The van der Waals surface area contributed by atoms with E-state index < -0.39 is 0 Å². The summed E-state index contributed by atoms with van der Waals surface area (Å²) in [6.45, 7) is 0.858. The van der Waals surface area contributed by atoms with Gasteiger partial charge in [-0.2, -0.15) is 0 Å². The topological polar surface area (TPSA) is 66.0 Å². The monoisotopic (exact) mass is 310 g/mol. The molecule has 2 heterocycles. The second-order valence-electron chi connectivity index (χ2n) is 4.63. The molecule has 2 aromatic rings. The van der Waals surface area contributed by atoms with Crippen molar-refractivity contribution in [2.24, 2.45) is 0 Å². The maximum absolute atomic E-state index is 6.06. The minimum Gasteiger partial charge on any atom is -0.377 e. The maximum Gasteiger partial charge on any atom is 0.210 e. The van der Waals surface area contributed by atoms with Crippen molar-refractivity contribution in [2.45, 2.75) is 24.1 Å². The Morgan fingerprint density at radius 1 is 1.35 bits per heavy atom. The van der Waals surface area contributed by atoms with Crippen LogP contribution in [0.4, 0.5) is 0 Å². The molecule has 7 heteroatoms. The molecule has 1 atom stereocenters. The van der Waals surface area contributed by atoms with Crippen molar-refractivity contribution >= 4 is 23.4 Å². The molecular weight excluding hydrogens is 296 g/mol. The second-order valence-corrected chi connectivity index (χ2v) is 6.05. The van der Waals surface area contributed by atoms with Gasteiger partial charge in [0.1, 0.15) is 0 Å². The van der Waals surface area contributed by atoms with Crippen molar-refractivity contribution in [3.63, 3.8) is 0 Å². The molecule has 106 valence electrons. The summed E-state index contributed by atoms with van der Waals surface area (Å²) in [5.41, 5.74) is 0.897. The Hall–Kier alpha value is -1.24. The van der Waals surface area contributed by atoms with Crippen molar-refractivity contribution in [3.8, 4) is 11.4 Å². The molecule has 3 rings (SSSR count). The lowest BCUT2D eigenvalue weighted by Crippen LogP contribution is -2.14. The molecule has 0 aliphatic carbocycles. The number of hydrogen-bond donors (Lipinski definition) is 1. The Balaban J connectivity index is 1.72. The van der Waals surface area contributed by atoms with Gasteiger partial charge in [-0.25, -0.2) is 4.68 Å². The number of rotatable bonds is 4. The fraction of sp³-hybridized carbons (Fsp3) is 0.385. The summed E-state index contributed by atoms with van der Waals surface area (Å²) in [6, 6.07) is 7.38. The van der Waals surface area contributed by atoms with Crippen LogP contribution in [0, 0.1) is 0 Å². The Labute approximate surface area is 126 Å². The van der Waals surface area contributed by atoms with Gasteiger partial charge in [0.25, 0.3) is 0 Å². The number of nitrogens with zero attached hydrogens (tertiary/aromatic N) is 3. The molecule has 20 heavy (non-hydrogen) atoms. The largest absolute Gasteiger partial charge is 0.377 e. The van der Waals surface area contributed by atoms with Crippen LogP contribution in [-0.4, -0.2) is 33.3 Å². The van der Waals surface area contributed by atoms with E-state index >= 15 is 0 Å². The predicted octanol–water partition coefficient (Wildman–Crippen LogP) is 2.58. The number of halogens is 1. The van der Waals surface area contributed by atoms with Crippen molar-refractivity contribution in [1.82, 2.24) is 14.9 Å². The first-order chi connectivity index (χ1) is 9.74. The molecule has 1 fully saturated rings. The van der Waals surface area contributed by atoms with Gasteiger partial charge in [-0.05, 0) is 37.1 Å². The number of thioether (sulfide) groups is 1. The van der Waals surface area contributed by atoms with E-state index in [9.17, 15) is 0 Å². The van der Waals surface area contributed by atoms with Crippen LogP contribution in [-0.2, 0) is 4.74 Å². The van der Waals surface area contributed by atoms with Gasteiger partial charge in [0.2, 0.25) is 5.16 Å². The van der Waals surface area contributed by atoms with Crippen LogP contribution in [0.1, 0.15) is 12.8 Å². The van der Waals surface area contributed by atoms with Gasteiger partial charge in [0, 0.05) is 22.9 Å². The number of hydrogen-bond acceptors (Lipinski definition) is 5. The Morgan fingerprint density at radius 3 is 2.85 bits per heavy atom. The number of ether oxygens (including phenoxy) is 1. The predicted molar refractivity (Wildman–Crippen MR) is 80.3 cm³/mol. The van der Waals surface area contributed by atoms with Crippen LogP contribution in [0.25, 0.3) is 11.4 Å². The van der Waals surface area contributed by atoms with Gasteiger partial charge in [0.15, 0.2) is 5.82 Å². The van der Waals surface area contributed by atoms with Crippen molar-refractivity contribution in [2.75, 3.05) is 18.2 Å². The highest BCUT2D eigenvalue weighted by Crippen LogP contribution is 2.25. The van der Waals surface area contributed by atoms with E-state index in [0.29, 0.717) is 22.1 Å². The van der Waals surface area contributed by atoms with Crippen LogP contribution in [0.3, 0.4) is 0 Å². The van der Waals surface area contributed by atoms with Gasteiger partial charge in [-0.15, -0.1) is 10.2 Å². The zero-order chi connectivity index (χ0) is 13.9. The molecule has 0 bridgehead atoms. The second kappa shape index (κ2) is 6.03. The average molecular weight is 311 g/mol. The number of nitrogens with two attached hydrogens (primary N) is 1. The summed E-state index contributed by atoms with van der Waals surface area (Å²) in [5.74, 6) is 7.55. The highest BCUT2D eigenvalue weighted by Gasteiger charge is 2.18. The molecule has 5 nitrogen and oxygen atoms in total. The minimum atomic E-state index is 0.302. The molecule has 1 aliphatic heterocycles. The van der Waals surface area contributed by atoms with Crippen molar-refractivity contribution in [3.05, 3.63) is 29.3 Å². The Kier molecular flexibility index (Phi) is 4.14. The molecule has 1 aliphatic rings. The third kappa shape index (κ3) is 2.92. The SMILES string of the molecule is Nn1c(SCC2CCCO2)nnc1-c1ccc(Cl)cc1. The molecule has 0 saturated carbocycles. The van der Waals surface area contributed by atoms with E-state index in [1.165, 1.54) is 4.68 Å².